The second kappa shape index (κ2) is 6.79. The van der Waals surface area contributed by atoms with Crippen LogP contribution in [0, 0.1) is 5.92 Å². The third kappa shape index (κ3) is 3.98. The lowest BCUT2D eigenvalue weighted by Gasteiger charge is -2.40. The minimum atomic E-state index is -0.864. The number of rotatable bonds is 5. The molecule has 1 heterocycles. The van der Waals surface area contributed by atoms with Crippen molar-refractivity contribution in [3.05, 3.63) is 28.7 Å². The molecule has 0 aromatic heterocycles. The first kappa shape index (κ1) is 16.3. The number of piperidine rings is 1. The zero-order valence-electron chi connectivity index (χ0n) is 12.6. The molecule has 116 valence electrons. The molecule has 0 amide bonds. The molecule has 0 unspecified atom stereocenters. The molecule has 2 N–H and O–H groups in total. The molecule has 0 spiro atoms. The second-order valence-electron chi connectivity index (χ2n) is 6.19. The van der Waals surface area contributed by atoms with Crippen LogP contribution >= 0.6 is 15.9 Å². The Hall–Kier alpha value is -1.07. The van der Waals surface area contributed by atoms with Crippen LogP contribution in [0.3, 0.4) is 0 Å². The molecule has 1 aliphatic heterocycles. The molecule has 1 fully saturated rings. The molecular formula is C16H23BrN2O2. The lowest BCUT2D eigenvalue weighted by atomic mass is 9.86. The van der Waals surface area contributed by atoms with E-state index in [-0.39, 0.29) is 0 Å². The number of carboxylic acids is 1. The zero-order chi connectivity index (χ0) is 15.5. The zero-order valence-corrected chi connectivity index (χ0v) is 14.2. The van der Waals surface area contributed by atoms with Gasteiger partial charge in [-0.1, -0.05) is 26.0 Å². The van der Waals surface area contributed by atoms with E-state index in [4.69, 9.17) is 0 Å². The maximum Gasteiger partial charge on any atom is 0.329 e. The highest BCUT2D eigenvalue weighted by Gasteiger charge is 2.41. The third-order valence-corrected chi connectivity index (χ3v) is 4.68. The van der Waals surface area contributed by atoms with E-state index in [9.17, 15) is 9.90 Å². The van der Waals surface area contributed by atoms with E-state index in [0.717, 1.165) is 29.8 Å². The first-order chi connectivity index (χ1) is 9.93. The van der Waals surface area contributed by atoms with E-state index < -0.39 is 11.5 Å². The number of anilines is 1. The largest absolute Gasteiger partial charge is 0.480 e. The lowest BCUT2D eigenvalue weighted by Crippen LogP contribution is -2.54. The van der Waals surface area contributed by atoms with Crippen LogP contribution in [0.2, 0.25) is 0 Å². The molecule has 4 nitrogen and oxygen atoms in total. The quantitative estimate of drug-likeness (QED) is 0.850. The van der Waals surface area contributed by atoms with Crippen LogP contribution in [0.4, 0.5) is 5.69 Å². The summed E-state index contributed by atoms with van der Waals surface area (Å²) in [5, 5.41) is 13.0. The Kier molecular flexibility index (Phi) is 5.27. The monoisotopic (exact) mass is 354 g/mol. The first-order valence-electron chi connectivity index (χ1n) is 7.41. The van der Waals surface area contributed by atoms with E-state index in [1.807, 2.05) is 24.3 Å². The summed E-state index contributed by atoms with van der Waals surface area (Å²) in [5.74, 6) is -0.152. The fraction of sp³-hybridized carbons (Fsp3) is 0.562. The van der Waals surface area contributed by atoms with Crippen molar-refractivity contribution < 1.29 is 9.90 Å². The summed E-state index contributed by atoms with van der Waals surface area (Å²) < 4.78 is 0.898. The summed E-state index contributed by atoms with van der Waals surface area (Å²) >= 11 is 3.48. The number of nitrogens with zero attached hydrogens (tertiary/aromatic N) is 1. The third-order valence-electron chi connectivity index (χ3n) is 3.99. The molecule has 0 atom stereocenters. The van der Waals surface area contributed by atoms with Crippen molar-refractivity contribution in [1.29, 1.82) is 0 Å². The van der Waals surface area contributed by atoms with Crippen LogP contribution in [-0.4, -0.2) is 41.1 Å². The van der Waals surface area contributed by atoms with Gasteiger partial charge in [-0.15, -0.1) is 0 Å². The predicted octanol–water partition coefficient (Wildman–Crippen LogP) is 3.44. The number of likely N-dealkylation sites (tertiary alicyclic amines) is 1. The topological polar surface area (TPSA) is 52.6 Å². The van der Waals surface area contributed by atoms with Crippen molar-refractivity contribution in [3.8, 4) is 0 Å². The number of carbonyl (C=O) groups is 1. The van der Waals surface area contributed by atoms with Crippen molar-refractivity contribution in [2.75, 3.05) is 25.0 Å². The van der Waals surface area contributed by atoms with Crippen LogP contribution in [0.1, 0.15) is 26.7 Å². The van der Waals surface area contributed by atoms with Gasteiger partial charge in [0.1, 0.15) is 5.54 Å². The molecule has 0 bridgehead atoms. The highest BCUT2D eigenvalue weighted by atomic mass is 79.9. The van der Waals surface area contributed by atoms with Crippen LogP contribution in [0.25, 0.3) is 0 Å². The number of halogens is 1. The van der Waals surface area contributed by atoms with Gasteiger partial charge in [-0.2, -0.15) is 0 Å². The molecular weight excluding hydrogens is 332 g/mol. The van der Waals surface area contributed by atoms with Crippen molar-refractivity contribution in [2.24, 2.45) is 5.92 Å². The number of carboxylic acid groups (broad SMARTS) is 1. The summed E-state index contributed by atoms with van der Waals surface area (Å²) in [4.78, 5) is 14.2. The Morgan fingerprint density at radius 1 is 1.38 bits per heavy atom. The maximum atomic E-state index is 11.8. The predicted molar refractivity (Wildman–Crippen MR) is 88.6 cm³/mol. The average molecular weight is 355 g/mol. The summed E-state index contributed by atoms with van der Waals surface area (Å²) in [6, 6.07) is 7.67. The highest BCUT2D eigenvalue weighted by molar-refractivity contribution is 9.10. The van der Waals surface area contributed by atoms with Crippen molar-refractivity contribution >= 4 is 27.6 Å². The van der Waals surface area contributed by atoms with E-state index >= 15 is 0 Å². The van der Waals surface area contributed by atoms with Gasteiger partial charge in [-0.3, -0.25) is 0 Å². The summed E-state index contributed by atoms with van der Waals surface area (Å²) in [6.07, 6.45) is 1.24. The van der Waals surface area contributed by atoms with Crippen LogP contribution in [0.15, 0.2) is 28.7 Å². The van der Waals surface area contributed by atoms with Gasteiger partial charge in [0, 0.05) is 29.8 Å². The average Bonchev–Trinajstić information content (AvgIpc) is 2.43. The van der Waals surface area contributed by atoms with E-state index in [2.05, 4.69) is 40.0 Å². The van der Waals surface area contributed by atoms with Gasteiger partial charge in [0.05, 0.1) is 0 Å². The van der Waals surface area contributed by atoms with Crippen LogP contribution in [0.5, 0.6) is 0 Å². The lowest BCUT2D eigenvalue weighted by molar-refractivity contribution is -0.144. The fourth-order valence-corrected chi connectivity index (χ4v) is 3.23. The smallest absolute Gasteiger partial charge is 0.329 e. The standard InChI is InChI=1S/C16H23BrN2O2/c1-12(2)11-19-9-7-16(8-10-19,15(20)21)18-14-6-4-3-5-13(14)17/h3-6,12,18H,7-11H2,1-2H3,(H,20,21). The summed E-state index contributed by atoms with van der Waals surface area (Å²) in [5.41, 5.74) is -0.0191. The minimum Gasteiger partial charge on any atom is -0.480 e. The number of para-hydroxylation sites is 1. The van der Waals surface area contributed by atoms with Crippen molar-refractivity contribution in [2.45, 2.75) is 32.2 Å². The molecule has 2 rings (SSSR count). The second-order valence-corrected chi connectivity index (χ2v) is 7.04. The molecule has 0 saturated carbocycles. The molecule has 5 heteroatoms. The highest BCUT2D eigenvalue weighted by Crippen LogP contribution is 2.31. The van der Waals surface area contributed by atoms with Crippen molar-refractivity contribution in [3.63, 3.8) is 0 Å². The fourth-order valence-electron chi connectivity index (χ4n) is 2.85. The number of nitrogens with one attached hydrogen (secondary N) is 1. The molecule has 1 aromatic carbocycles. The number of hydrogen-bond donors (Lipinski definition) is 2. The molecule has 1 saturated heterocycles. The number of hydrogen-bond acceptors (Lipinski definition) is 3. The van der Waals surface area contributed by atoms with Gasteiger partial charge in [0.2, 0.25) is 0 Å². The Bertz CT molecular complexity index is 497. The summed E-state index contributed by atoms with van der Waals surface area (Å²) in [6.45, 7) is 7.06. The molecule has 0 radical (unpaired) electrons. The Morgan fingerprint density at radius 2 is 2.00 bits per heavy atom. The maximum absolute atomic E-state index is 11.8. The summed E-state index contributed by atoms with van der Waals surface area (Å²) in [7, 11) is 0. The van der Waals surface area contributed by atoms with Crippen molar-refractivity contribution in [1.82, 2.24) is 4.90 Å². The Morgan fingerprint density at radius 3 is 2.52 bits per heavy atom. The Balaban J connectivity index is 2.10. The molecule has 0 aliphatic carbocycles. The van der Waals surface area contributed by atoms with Gasteiger partial charge in [-0.05, 0) is 46.8 Å². The normalized spacial score (nSPS) is 18.7. The van der Waals surface area contributed by atoms with Gasteiger partial charge in [0.25, 0.3) is 0 Å². The van der Waals surface area contributed by atoms with E-state index in [0.29, 0.717) is 18.8 Å². The minimum absolute atomic E-state index is 0.610. The molecule has 21 heavy (non-hydrogen) atoms. The number of aliphatic carboxylic acids is 1. The Labute approximate surface area is 134 Å². The molecule has 1 aliphatic rings. The van der Waals surface area contributed by atoms with Gasteiger partial charge >= 0.3 is 5.97 Å². The van der Waals surface area contributed by atoms with Gasteiger partial charge in [0.15, 0.2) is 0 Å². The SMILES string of the molecule is CC(C)CN1CCC(Nc2ccccc2Br)(C(=O)O)CC1. The van der Waals surface area contributed by atoms with E-state index in [1.54, 1.807) is 0 Å². The van der Waals surface area contributed by atoms with Gasteiger partial charge in [-0.25, -0.2) is 4.79 Å². The van der Waals surface area contributed by atoms with Gasteiger partial charge < -0.3 is 15.3 Å². The number of benzene rings is 1. The van der Waals surface area contributed by atoms with Crippen LogP contribution < -0.4 is 5.32 Å². The van der Waals surface area contributed by atoms with Crippen LogP contribution in [-0.2, 0) is 4.79 Å². The molecule has 1 aromatic rings. The first-order valence-corrected chi connectivity index (χ1v) is 8.21. The van der Waals surface area contributed by atoms with E-state index in [1.165, 1.54) is 0 Å².